The van der Waals surface area contributed by atoms with E-state index in [2.05, 4.69) is 6.58 Å². The van der Waals surface area contributed by atoms with Crippen molar-refractivity contribution < 1.29 is 8.42 Å². The smallest absolute Gasteiger partial charge is 0.207 e. The highest BCUT2D eigenvalue weighted by molar-refractivity contribution is 7.89. The van der Waals surface area contributed by atoms with Gasteiger partial charge in [-0.3, -0.25) is 0 Å². The van der Waals surface area contributed by atoms with Crippen LogP contribution in [0.5, 0.6) is 0 Å². The Labute approximate surface area is 126 Å². The van der Waals surface area contributed by atoms with Gasteiger partial charge in [-0.1, -0.05) is 54.1 Å². The van der Waals surface area contributed by atoms with E-state index in [0.717, 1.165) is 11.1 Å². The molecule has 0 heterocycles. The predicted octanol–water partition coefficient (Wildman–Crippen LogP) is 3.37. The first kappa shape index (κ1) is 15.5. The van der Waals surface area contributed by atoms with Gasteiger partial charge in [-0.05, 0) is 24.6 Å². The largest absolute Gasteiger partial charge is 0.243 e. The highest BCUT2D eigenvalue weighted by Gasteiger charge is 2.23. The Balaban J connectivity index is 2.32. The zero-order chi connectivity index (χ0) is 15.3. The molecule has 0 radical (unpaired) electrons. The van der Waals surface area contributed by atoms with Crippen LogP contribution in [0.25, 0.3) is 0 Å². The molecule has 0 atom stereocenters. The van der Waals surface area contributed by atoms with E-state index in [4.69, 9.17) is 0 Å². The summed E-state index contributed by atoms with van der Waals surface area (Å²) in [5.74, 6) is 0. The maximum absolute atomic E-state index is 12.7. The molecule has 0 spiro atoms. The van der Waals surface area contributed by atoms with Crippen molar-refractivity contribution in [2.75, 3.05) is 6.54 Å². The molecule has 21 heavy (non-hydrogen) atoms. The first-order valence-electron chi connectivity index (χ1n) is 6.75. The molecule has 2 aromatic rings. The minimum Gasteiger partial charge on any atom is -0.207 e. The van der Waals surface area contributed by atoms with E-state index in [1.54, 1.807) is 18.2 Å². The standard InChI is InChI=1S/C17H19NO2S/c1-3-13-18(14-16-7-5-4-6-8-16)21(19,20)17-11-9-15(2)10-12-17/h3-12H,1,13-14H2,2H3. The van der Waals surface area contributed by atoms with Crippen molar-refractivity contribution in [3.8, 4) is 0 Å². The van der Waals surface area contributed by atoms with Gasteiger partial charge < -0.3 is 0 Å². The van der Waals surface area contributed by atoms with Gasteiger partial charge in [0.15, 0.2) is 0 Å². The van der Waals surface area contributed by atoms with Crippen molar-refractivity contribution in [2.45, 2.75) is 18.4 Å². The number of sulfonamides is 1. The van der Waals surface area contributed by atoms with E-state index in [0.29, 0.717) is 11.4 Å². The Kier molecular flexibility index (Phi) is 4.94. The van der Waals surface area contributed by atoms with Crippen LogP contribution in [0.15, 0.2) is 72.1 Å². The number of rotatable bonds is 6. The average molecular weight is 301 g/mol. The van der Waals surface area contributed by atoms with Gasteiger partial charge in [0.2, 0.25) is 10.0 Å². The third-order valence-corrected chi connectivity index (χ3v) is 5.02. The topological polar surface area (TPSA) is 37.4 Å². The molecule has 0 saturated carbocycles. The molecule has 0 aliphatic rings. The van der Waals surface area contributed by atoms with Gasteiger partial charge in [-0.2, -0.15) is 4.31 Å². The van der Waals surface area contributed by atoms with Crippen molar-refractivity contribution in [3.63, 3.8) is 0 Å². The van der Waals surface area contributed by atoms with E-state index >= 15 is 0 Å². The maximum Gasteiger partial charge on any atom is 0.243 e. The second-order valence-corrected chi connectivity index (χ2v) is 6.82. The van der Waals surface area contributed by atoms with Gasteiger partial charge >= 0.3 is 0 Å². The van der Waals surface area contributed by atoms with Gasteiger partial charge in [0.05, 0.1) is 4.90 Å². The Hall–Kier alpha value is -1.91. The van der Waals surface area contributed by atoms with Crippen LogP contribution in [0.1, 0.15) is 11.1 Å². The molecule has 110 valence electrons. The Morgan fingerprint density at radius 3 is 2.24 bits per heavy atom. The number of nitrogens with zero attached hydrogens (tertiary/aromatic N) is 1. The molecule has 0 saturated heterocycles. The predicted molar refractivity (Wildman–Crippen MR) is 85.4 cm³/mol. The lowest BCUT2D eigenvalue weighted by molar-refractivity contribution is 0.438. The third kappa shape index (κ3) is 3.80. The van der Waals surface area contributed by atoms with Crippen LogP contribution >= 0.6 is 0 Å². The molecular weight excluding hydrogens is 282 g/mol. The lowest BCUT2D eigenvalue weighted by Gasteiger charge is -2.21. The summed E-state index contributed by atoms with van der Waals surface area (Å²) in [6, 6.07) is 16.5. The lowest BCUT2D eigenvalue weighted by atomic mass is 10.2. The molecule has 0 aliphatic heterocycles. The fraction of sp³-hybridized carbons (Fsp3) is 0.176. The lowest BCUT2D eigenvalue weighted by Crippen LogP contribution is -2.30. The SMILES string of the molecule is C=CCN(Cc1ccccc1)S(=O)(=O)c1ccc(C)cc1. The summed E-state index contributed by atoms with van der Waals surface area (Å²) >= 11 is 0. The van der Waals surface area contributed by atoms with Crippen LogP contribution in [0.3, 0.4) is 0 Å². The number of aryl methyl sites for hydroxylation is 1. The Morgan fingerprint density at radius 2 is 1.67 bits per heavy atom. The van der Waals surface area contributed by atoms with Gasteiger partial charge in [0, 0.05) is 13.1 Å². The summed E-state index contributed by atoms with van der Waals surface area (Å²) in [6.45, 7) is 6.21. The first-order valence-corrected chi connectivity index (χ1v) is 8.19. The molecule has 0 bridgehead atoms. The van der Waals surface area contributed by atoms with Crippen LogP contribution in [-0.2, 0) is 16.6 Å². The molecule has 0 aliphatic carbocycles. The fourth-order valence-electron chi connectivity index (χ4n) is 2.04. The highest BCUT2D eigenvalue weighted by Crippen LogP contribution is 2.18. The average Bonchev–Trinajstić information content (AvgIpc) is 2.48. The molecule has 0 unspecified atom stereocenters. The zero-order valence-corrected chi connectivity index (χ0v) is 12.9. The van der Waals surface area contributed by atoms with Crippen LogP contribution in [0.4, 0.5) is 0 Å². The fourth-order valence-corrected chi connectivity index (χ4v) is 3.44. The molecular formula is C17H19NO2S. The van der Waals surface area contributed by atoms with Gasteiger partial charge in [-0.25, -0.2) is 8.42 Å². The quantitative estimate of drug-likeness (QED) is 0.767. The highest BCUT2D eigenvalue weighted by atomic mass is 32.2. The Bertz CT molecular complexity index is 691. The Morgan fingerprint density at radius 1 is 1.05 bits per heavy atom. The number of benzene rings is 2. The number of hydrogen-bond acceptors (Lipinski definition) is 2. The van der Waals surface area contributed by atoms with Gasteiger partial charge in [-0.15, -0.1) is 6.58 Å². The molecule has 3 nitrogen and oxygen atoms in total. The van der Waals surface area contributed by atoms with E-state index in [-0.39, 0.29) is 6.54 Å². The molecule has 0 N–H and O–H groups in total. The maximum atomic E-state index is 12.7. The van der Waals surface area contributed by atoms with Gasteiger partial charge in [0.25, 0.3) is 0 Å². The summed E-state index contributed by atoms with van der Waals surface area (Å²) in [6.07, 6.45) is 1.61. The van der Waals surface area contributed by atoms with Crippen LogP contribution in [0, 0.1) is 6.92 Å². The molecule has 2 aromatic carbocycles. The van der Waals surface area contributed by atoms with Crippen LogP contribution in [-0.4, -0.2) is 19.3 Å². The molecule has 4 heteroatoms. The number of hydrogen-bond donors (Lipinski definition) is 0. The van der Waals surface area contributed by atoms with Gasteiger partial charge in [0.1, 0.15) is 0 Å². The molecule has 0 fully saturated rings. The summed E-state index contributed by atoms with van der Waals surface area (Å²) < 4.78 is 26.9. The third-order valence-electron chi connectivity index (χ3n) is 3.19. The summed E-state index contributed by atoms with van der Waals surface area (Å²) in [5, 5.41) is 0. The van der Waals surface area contributed by atoms with Crippen molar-refractivity contribution >= 4 is 10.0 Å². The molecule has 2 rings (SSSR count). The van der Waals surface area contributed by atoms with Crippen LogP contribution in [0.2, 0.25) is 0 Å². The zero-order valence-electron chi connectivity index (χ0n) is 12.1. The van der Waals surface area contributed by atoms with E-state index in [9.17, 15) is 8.42 Å². The molecule has 0 amide bonds. The summed E-state index contributed by atoms with van der Waals surface area (Å²) in [5.41, 5.74) is 1.99. The second-order valence-electron chi connectivity index (χ2n) is 4.88. The van der Waals surface area contributed by atoms with Crippen molar-refractivity contribution in [1.82, 2.24) is 4.31 Å². The van der Waals surface area contributed by atoms with Crippen molar-refractivity contribution in [1.29, 1.82) is 0 Å². The molecule has 0 aromatic heterocycles. The summed E-state index contributed by atoms with van der Waals surface area (Å²) in [4.78, 5) is 0.311. The second kappa shape index (κ2) is 6.70. The minimum atomic E-state index is -3.52. The van der Waals surface area contributed by atoms with E-state index in [1.165, 1.54) is 4.31 Å². The van der Waals surface area contributed by atoms with Crippen LogP contribution < -0.4 is 0 Å². The van der Waals surface area contributed by atoms with Crippen molar-refractivity contribution in [3.05, 3.63) is 78.4 Å². The van der Waals surface area contributed by atoms with E-state index in [1.807, 2.05) is 49.4 Å². The minimum absolute atomic E-state index is 0.283. The normalized spacial score (nSPS) is 11.5. The van der Waals surface area contributed by atoms with E-state index < -0.39 is 10.0 Å². The van der Waals surface area contributed by atoms with Crippen molar-refractivity contribution in [2.24, 2.45) is 0 Å². The first-order chi connectivity index (χ1) is 10.0. The monoisotopic (exact) mass is 301 g/mol. The summed E-state index contributed by atoms with van der Waals surface area (Å²) in [7, 11) is -3.52.